The molecule has 0 aliphatic carbocycles. The number of nitrogens with zero attached hydrogens (tertiary/aromatic N) is 2. The Hall–Kier alpha value is -0.860. The van der Waals surface area contributed by atoms with E-state index < -0.39 is 10.0 Å². The molecule has 0 radical (unpaired) electrons. The molecule has 1 atom stereocenters. The molecule has 2 aliphatic rings. The number of ether oxygens (including phenoxy) is 1. The predicted octanol–water partition coefficient (Wildman–Crippen LogP) is 0.522. The largest absolute Gasteiger partial charge is 0.377 e. The standard InChI is InChI=1S/C15H30N4O3S/c1-13-5-8-19(9-6-13)15(16)17-7-11-23(20,21)18-12-14-4-2-3-10-22-14/h13-14,18H,2-12H2,1H3,(H2,16,17). The number of likely N-dealkylation sites (tertiary alicyclic amines) is 1. The fraction of sp³-hybridized carbons (Fsp3) is 0.933. The van der Waals surface area contributed by atoms with Gasteiger partial charge in [0.15, 0.2) is 5.96 Å². The number of guanidine groups is 1. The van der Waals surface area contributed by atoms with Gasteiger partial charge in [0, 0.05) is 26.2 Å². The van der Waals surface area contributed by atoms with E-state index in [9.17, 15) is 8.42 Å². The number of hydrogen-bond donors (Lipinski definition) is 2. The second kappa shape index (κ2) is 8.84. The number of nitrogens with two attached hydrogens (primary N) is 1. The van der Waals surface area contributed by atoms with Crippen LogP contribution in [-0.2, 0) is 14.8 Å². The SMILES string of the molecule is CC1CCN(C(N)=NCCS(=O)(=O)NCC2CCCCO2)CC1. The first kappa shape index (κ1) is 18.5. The molecule has 1 unspecified atom stereocenters. The van der Waals surface area contributed by atoms with Crippen LogP contribution in [0.25, 0.3) is 0 Å². The summed E-state index contributed by atoms with van der Waals surface area (Å²) in [4.78, 5) is 6.26. The molecule has 0 spiro atoms. The van der Waals surface area contributed by atoms with Crippen molar-refractivity contribution >= 4 is 16.0 Å². The van der Waals surface area contributed by atoms with E-state index in [1.807, 2.05) is 4.90 Å². The van der Waals surface area contributed by atoms with E-state index in [-0.39, 0.29) is 18.4 Å². The molecular weight excluding hydrogens is 316 g/mol. The van der Waals surface area contributed by atoms with Gasteiger partial charge in [0.2, 0.25) is 10.0 Å². The second-order valence-corrected chi connectivity index (χ2v) is 8.49. The summed E-state index contributed by atoms with van der Waals surface area (Å²) in [5, 5.41) is 0. The van der Waals surface area contributed by atoms with Crippen LogP contribution in [0.5, 0.6) is 0 Å². The molecule has 7 nitrogen and oxygen atoms in total. The fourth-order valence-corrected chi connectivity index (χ4v) is 3.79. The van der Waals surface area contributed by atoms with Gasteiger partial charge in [-0.05, 0) is 38.0 Å². The van der Waals surface area contributed by atoms with Crippen LogP contribution < -0.4 is 10.5 Å². The van der Waals surface area contributed by atoms with E-state index in [1.165, 1.54) is 0 Å². The Bertz CT molecular complexity index is 481. The van der Waals surface area contributed by atoms with E-state index in [0.29, 0.717) is 12.5 Å². The van der Waals surface area contributed by atoms with Gasteiger partial charge >= 0.3 is 0 Å². The van der Waals surface area contributed by atoms with Crippen molar-refractivity contribution in [3.63, 3.8) is 0 Å². The molecule has 2 saturated heterocycles. The minimum atomic E-state index is -3.33. The van der Waals surface area contributed by atoms with Crippen LogP contribution in [0, 0.1) is 5.92 Å². The Morgan fingerprint density at radius 1 is 1.30 bits per heavy atom. The van der Waals surface area contributed by atoms with Crippen LogP contribution >= 0.6 is 0 Å². The number of aliphatic imine (C=N–C) groups is 1. The van der Waals surface area contributed by atoms with Crippen LogP contribution in [0.15, 0.2) is 4.99 Å². The van der Waals surface area contributed by atoms with E-state index in [1.54, 1.807) is 0 Å². The average molecular weight is 346 g/mol. The van der Waals surface area contributed by atoms with Crippen molar-refractivity contribution in [3.8, 4) is 0 Å². The Morgan fingerprint density at radius 2 is 2.04 bits per heavy atom. The predicted molar refractivity (Wildman–Crippen MR) is 91.8 cm³/mol. The first-order chi connectivity index (χ1) is 11.0. The molecule has 0 aromatic rings. The maximum absolute atomic E-state index is 12.0. The molecule has 8 heteroatoms. The molecule has 0 aromatic heterocycles. The summed E-state index contributed by atoms with van der Waals surface area (Å²) >= 11 is 0. The van der Waals surface area contributed by atoms with Crippen LogP contribution in [0.3, 0.4) is 0 Å². The van der Waals surface area contributed by atoms with Crippen molar-refractivity contribution in [3.05, 3.63) is 0 Å². The highest BCUT2D eigenvalue weighted by atomic mass is 32.2. The molecule has 0 saturated carbocycles. The van der Waals surface area contributed by atoms with Crippen molar-refractivity contribution in [1.29, 1.82) is 0 Å². The summed E-state index contributed by atoms with van der Waals surface area (Å²) in [6, 6.07) is 0. The minimum Gasteiger partial charge on any atom is -0.377 e. The lowest BCUT2D eigenvalue weighted by Gasteiger charge is -2.31. The van der Waals surface area contributed by atoms with Crippen molar-refractivity contribution in [1.82, 2.24) is 9.62 Å². The average Bonchev–Trinajstić information content (AvgIpc) is 2.54. The third-order valence-corrected chi connectivity index (χ3v) is 5.87. The number of rotatable bonds is 6. The van der Waals surface area contributed by atoms with Crippen molar-refractivity contribution < 1.29 is 13.2 Å². The van der Waals surface area contributed by atoms with E-state index in [0.717, 1.165) is 57.7 Å². The molecule has 2 aliphatic heterocycles. The Balaban J connectivity index is 1.69. The van der Waals surface area contributed by atoms with Gasteiger partial charge in [-0.25, -0.2) is 13.1 Å². The summed E-state index contributed by atoms with van der Waals surface area (Å²) in [6.45, 7) is 5.31. The lowest BCUT2D eigenvalue weighted by molar-refractivity contribution is 0.0200. The highest BCUT2D eigenvalue weighted by Crippen LogP contribution is 2.15. The first-order valence-corrected chi connectivity index (χ1v) is 10.3. The molecule has 2 fully saturated rings. The lowest BCUT2D eigenvalue weighted by Crippen LogP contribution is -2.43. The maximum Gasteiger partial charge on any atom is 0.213 e. The minimum absolute atomic E-state index is 0.00225. The van der Waals surface area contributed by atoms with Crippen molar-refractivity contribution in [2.75, 3.05) is 38.5 Å². The molecule has 23 heavy (non-hydrogen) atoms. The van der Waals surface area contributed by atoms with Gasteiger partial charge in [0.25, 0.3) is 0 Å². The highest BCUT2D eigenvalue weighted by Gasteiger charge is 2.19. The van der Waals surface area contributed by atoms with Gasteiger partial charge in [0.05, 0.1) is 18.4 Å². The van der Waals surface area contributed by atoms with Gasteiger partial charge in [-0.3, -0.25) is 4.99 Å². The van der Waals surface area contributed by atoms with Gasteiger partial charge in [-0.15, -0.1) is 0 Å². The molecule has 134 valence electrons. The Labute approximate surface area is 139 Å². The summed E-state index contributed by atoms with van der Waals surface area (Å²) in [6.07, 6.45) is 5.30. The van der Waals surface area contributed by atoms with Crippen molar-refractivity contribution in [2.24, 2.45) is 16.6 Å². The zero-order valence-corrected chi connectivity index (χ0v) is 14.9. The van der Waals surface area contributed by atoms with Crippen LogP contribution in [0.2, 0.25) is 0 Å². The van der Waals surface area contributed by atoms with Crippen molar-refractivity contribution in [2.45, 2.75) is 45.1 Å². The van der Waals surface area contributed by atoms with Gasteiger partial charge < -0.3 is 15.4 Å². The number of nitrogens with one attached hydrogen (secondary N) is 1. The quantitative estimate of drug-likeness (QED) is 0.540. The second-order valence-electron chi connectivity index (χ2n) is 6.57. The maximum atomic E-state index is 12.0. The molecule has 2 rings (SSSR count). The summed E-state index contributed by atoms with van der Waals surface area (Å²) < 4.78 is 32.1. The van der Waals surface area contributed by atoms with Crippen LogP contribution in [0.4, 0.5) is 0 Å². The van der Waals surface area contributed by atoms with Gasteiger partial charge in [-0.1, -0.05) is 6.92 Å². The van der Waals surface area contributed by atoms with Gasteiger partial charge in [0.1, 0.15) is 0 Å². The fourth-order valence-electron chi connectivity index (χ4n) is 2.88. The molecule has 3 N–H and O–H groups in total. The third-order valence-electron chi connectivity index (χ3n) is 4.55. The van der Waals surface area contributed by atoms with E-state index in [4.69, 9.17) is 10.5 Å². The van der Waals surface area contributed by atoms with Gasteiger partial charge in [-0.2, -0.15) is 0 Å². The van der Waals surface area contributed by atoms with E-state index in [2.05, 4.69) is 16.6 Å². The number of hydrogen-bond acceptors (Lipinski definition) is 4. The zero-order valence-electron chi connectivity index (χ0n) is 14.0. The summed E-state index contributed by atoms with van der Waals surface area (Å²) in [7, 11) is -3.33. The third kappa shape index (κ3) is 6.64. The van der Waals surface area contributed by atoms with E-state index >= 15 is 0 Å². The number of piperidine rings is 1. The topological polar surface area (TPSA) is 97.0 Å². The Kier molecular flexibility index (Phi) is 7.10. The lowest BCUT2D eigenvalue weighted by atomic mass is 10.00. The molecule has 0 amide bonds. The summed E-state index contributed by atoms with van der Waals surface area (Å²) in [5.41, 5.74) is 5.95. The number of sulfonamides is 1. The summed E-state index contributed by atoms with van der Waals surface area (Å²) in [5.74, 6) is 1.15. The molecule has 0 bridgehead atoms. The monoisotopic (exact) mass is 346 g/mol. The molecule has 0 aromatic carbocycles. The normalized spacial score (nSPS) is 24.8. The first-order valence-electron chi connectivity index (χ1n) is 8.60. The molecule has 2 heterocycles. The van der Waals surface area contributed by atoms with Crippen LogP contribution in [-0.4, -0.2) is 63.9 Å². The smallest absolute Gasteiger partial charge is 0.213 e. The highest BCUT2D eigenvalue weighted by molar-refractivity contribution is 7.89. The Morgan fingerprint density at radius 3 is 2.70 bits per heavy atom. The zero-order chi connectivity index (χ0) is 16.7. The van der Waals surface area contributed by atoms with Crippen LogP contribution in [0.1, 0.15) is 39.0 Å². The molecular formula is C15H30N4O3S.